The van der Waals surface area contributed by atoms with Crippen LogP contribution in [-0.4, -0.2) is 38.6 Å². The lowest BCUT2D eigenvalue weighted by atomic mass is 10.1. The van der Waals surface area contributed by atoms with Gasteiger partial charge < -0.3 is 10.4 Å². The van der Waals surface area contributed by atoms with Crippen LogP contribution in [0.2, 0.25) is 0 Å². The van der Waals surface area contributed by atoms with Crippen LogP contribution >= 0.6 is 0 Å². The molecule has 0 aromatic heterocycles. The van der Waals surface area contributed by atoms with E-state index in [9.17, 15) is 13.2 Å². The lowest BCUT2D eigenvalue weighted by Gasteiger charge is -2.19. The molecule has 112 valence electrons. The molecule has 1 aromatic carbocycles. The topological polar surface area (TPSA) is 95.5 Å². The summed E-state index contributed by atoms with van der Waals surface area (Å²) in [4.78, 5) is 11.8. The Morgan fingerprint density at radius 2 is 1.85 bits per heavy atom. The molecule has 1 rings (SSSR count). The van der Waals surface area contributed by atoms with Crippen molar-refractivity contribution in [3.05, 3.63) is 30.3 Å². The fraction of sp³-hybridized carbons (Fsp3) is 0.462. The maximum atomic E-state index is 11.9. The SMILES string of the molecule is CC(C)[C@@H](CO)NC(=O)CNS(=O)(=O)c1ccccc1. The molecule has 0 saturated carbocycles. The first-order chi connectivity index (χ1) is 9.36. The molecule has 0 fully saturated rings. The molecule has 0 saturated heterocycles. The van der Waals surface area contributed by atoms with Gasteiger partial charge >= 0.3 is 0 Å². The summed E-state index contributed by atoms with van der Waals surface area (Å²) >= 11 is 0. The minimum Gasteiger partial charge on any atom is -0.394 e. The molecule has 7 heteroatoms. The quantitative estimate of drug-likeness (QED) is 0.665. The van der Waals surface area contributed by atoms with Crippen LogP contribution in [0.3, 0.4) is 0 Å². The molecule has 0 heterocycles. The molecule has 1 aromatic rings. The van der Waals surface area contributed by atoms with Gasteiger partial charge in [0.2, 0.25) is 15.9 Å². The second-order valence-electron chi connectivity index (χ2n) is 4.74. The van der Waals surface area contributed by atoms with E-state index < -0.39 is 15.9 Å². The van der Waals surface area contributed by atoms with E-state index in [1.54, 1.807) is 18.2 Å². The smallest absolute Gasteiger partial charge is 0.241 e. The van der Waals surface area contributed by atoms with E-state index in [1.807, 2.05) is 13.8 Å². The number of aliphatic hydroxyl groups is 1. The highest BCUT2D eigenvalue weighted by atomic mass is 32.2. The maximum absolute atomic E-state index is 11.9. The molecule has 0 unspecified atom stereocenters. The van der Waals surface area contributed by atoms with Gasteiger partial charge in [-0.2, -0.15) is 0 Å². The van der Waals surface area contributed by atoms with Gasteiger partial charge in [0.1, 0.15) is 0 Å². The molecule has 0 aliphatic rings. The van der Waals surface area contributed by atoms with Crippen molar-refractivity contribution >= 4 is 15.9 Å². The molecular formula is C13H20N2O4S. The highest BCUT2D eigenvalue weighted by molar-refractivity contribution is 7.89. The largest absolute Gasteiger partial charge is 0.394 e. The van der Waals surface area contributed by atoms with Crippen LogP contribution in [0.15, 0.2) is 35.2 Å². The van der Waals surface area contributed by atoms with Crippen molar-refractivity contribution in [2.24, 2.45) is 5.92 Å². The van der Waals surface area contributed by atoms with Gasteiger partial charge in [-0.25, -0.2) is 13.1 Å². The van der Waals surface area contributed by atoms with E-state index in [4.69, 9.17) is 5.11 Å². The summed E-state index contributed by atoms with van der Waals surface area (Å²) in [6.45, 7) is 3.17. The Balaban J connectivity index is 2.57. The zero-order valence-corrected chi connectivity index (χ0v) is 12.4. The zero-order valence-electron chi connectivity index (χ0n) is 11.5. The van der Waals surface area contributed by atoms with E-state index in [0.29, 0.717) is 0 Å². The van der Waals surface area contributed by atoms with Gasteiger partial charge in [0.05, 0.1) is 24.1 Å². The predicted octanol–water partition coefficient (Wildman–Crippen LogP) is 0.0980. The van der Waals surface area contributed by atoms with Crippen LogP contribution in [-0.2, 0) is 14.8 Å². The monoisotopic (exact) mass is 300 g/mol. The van der Waals surface area contributed by atoms with Crippen LogP contribution in [0.1, 0.15) is 13.8 Å². The molecule has 0 aliphatic heterocycles. The van der Waals surface area contributed by atoms with Gasteiger partial charge in [0.15, 0.2) is 0 Å². The molecule has 1 atom stereocenters. The first-order valence-electron chi connectivity index (χ1n) is 6.31. The third kappa shape index (κ3) is 4.92. The number of hydrogen-bond acceptors (Lipinski definition) is 4. The summed E-state index contributed by atoms with van der Waals surface area (Å²) in [6.07, 6.45) is 0. The number of amides is 1. The number of benzene rings is 1. The Kier molecular flexibility index (Phi) is 6.12. The summed E-state index contributed by atoms with van der Waals surface area (Å²) in [7, 11) is -3.69. The van der Waals surface area contributed by atoms with E-state index in [2.05, 4.69) is 10.0 Å². The number of sulfonamides is 1. The van der Waals surface area contributed by atoms with Gasteiger partial charge in [0.25, 0.3) is 0 Å². The predicted molar refractivity (Wildman–Crippen MR) is 75.5 cm³/mol. The van der Waals surface area contributed by atoms with Gasteiger partial charge in [-0.1, -0.05) is 32.0 Å². The number of hydrogen-bond donors (Lipinski definition) is 3. The van der Waals surface area contributed by atoms with Crippen LogP contribution < -0.4 is 10.0 Å². The van der Waals surface area contributed by atoms with Crippen LogP contribution in [0.5, 0.6) is 0 Å². The molecule has 0 spiro atoms. The highest BCUT2D eigenvalue weighted by Crippen LogP contribution is 2.06. The molecule has 0 bridgehead atoms. The van der Waals surface area contributed by atoms with Gasteiger partial charge in [-0.05, 0) is 18.1 Å². The first-order valence-corrected chi connectivity index (χ1v) is 7.80. The minimum absolute atomic E-state index is 0.0645. The fourth-order valence-corrected chi connectivity index (χ4v) is 2.53. The zero-order chi connectivity index (χ0) is 15.2. The molecule has 3 N–H and O–H groups in total. The van der Waals surface area contributed by atoms with Crippen molar-refractivity contribution in [3.63, 3.8) is 0 Å². The van der Waals surface area contributed by atoms with E-state index in [0.717, 1.165) is 0 Å². The molecule has 1 amide bonds. The standard InChI is InChI=1S/C13H20N2O4S/c1-10(2)12(9-16)15-13(17)8-14-20(18,19)11-6-4-3-5-7-11/h3-7,10,12,14,16H,8-9H2,1-2H3,(H,15,17)/t12-/m1/s1. The Morgan fingerprint density at radius 3 is 2.35 bits per heavy atom. The first kappa shape index (κ1) is 16.6. The van der Waals surface area contributed by atoms with E-state index in [-0.39, 0.29) is 30.0 Å². The van der Waals surface area contributed by atoms with Gasteiger partial charge in [-0.3, -0.25) is 4.79 Å². The average Bonchev–Trinajstić information content (AvgIpc) is 2.43. The third-order valence-corrected chi connectivity index (χ3v) is 4.24. The molecular weight excluding hydrogens is 280 g/mol. The van der Waals surface area contributed by atoms with Crippen molar-refractivity contribution in [1.82, 2.24) is 10.0 Å². The second kappa shape index (κ2) is 7.37. The number of nitrogens with one attached hydrogen (secondary N) is 2. The van der Waals surface area contributed by atoms with Gasteiger partial charge in [-0.15, -0.1) is 0 Å². The number of carbonyl (C=O) groups excluding carboxylic acids is 1. The lowest BCUT2D eigenvalue weighted by molar-refractivity contribution is -0.121. The Bertz CT molecular complexity index is 529. The summed E-state index contributed by atoms with van der Waals surface area (Å²) in [6, 6.07) is 7.43. The molecule has 20 heavy (non-hydrogen) atoms. The summed E-state index contributed by atoms with van der Waals surface area (Å²) in [5, 5.41) is 11.7. The van der Waals surface area contributed by atoms with Crippen LogP contribution in [0.4, 0.5) is 0 Å². The molecule has 0 radical (unpaired) electrons. The van der Waals surface area contributed by atoms with Crippen molar-refractivity contribution in [2.75, 3.05) is 13.2 Å². The summed E-state index contributed by atoms with van der Waals surface area (Å²) < 4.78 is 26.0. The van der Waals surface area contributed by atoms with E-state index >= 15 is 0 Å². The Labute approximate surface area is 119 Å². The molecule has 0 aliphatic carbocycles. The van der Waals surface area contributed by atoms with Crippen molar-refractivity contribution in [1.29, 1.82) is 0 Å². The van der Waals surface area contributed by atoms with Crippen LogP contribution in [0, 0.1) is 5.92 Å². The minimum atomic E-state index is -3.69. The summed E-state index contributed by atoms with van der Waals surface area (Å²) in [5.74, 6) is -0.410. The van der Waals surface area contributed by atoms with E-state index in [1.165, 1.54) is 12.1 Å². The van der Waals surface area contributed by atoms with Crippen molar-refractivity contribution in [3.8, 4) is 0 Å². The van der Waals surface area contributed by atoms with Crippen LogP contribution in [0.25, 0.3) is 0 Å². The Morgan fingerprint density at radius 1 is 1.25 bits per heavy atom. The lowest BCUT2D eigenvalue weighted by Crippen LogP contribution is -2.45. The third-order valence-electron chi connectivity index (χ3n) is 2.82. The fourth-order valence-electron chi connectivity index (χ4n) is 1.52. The normalized spacial score (nSPS) is 13.2. The average molecular weight is 300 g/mol. The highest BCUT2D eigenvalue weighted by Gasteiger charge is 2.18. The van der Waals surface area contributed by atoms with Gasteiger partial charge in [0, 0.05) is 0 Å². The maximum Gasteiger partial charge on any atom is 0.241 e. The number of aliphatic hydroxyl groups excluding tert-OH is 1. The van der Waals surface area contributed by atoms with Crippen molar-refractivity contribution in [2.45, 2.75) is 24.8 Å². The number of rotatable bonds is 7. The summed E-state index contributed by atoms with van der Waals surface area (Å²) in [5.41, 5.74) is 0. The molecule has 6 nitrogen and oxygen atoms in total. The Hall–Kier alpha value is -1.44. The second-order valence-corrected chi connectivity index (χ2v) is 6.51. The number of carbonyl (C=O) groups is 1. The van der Waals surface area contributed by atoms with Crippen molar-refractivity contribution < 1.29 is 18.3 Å².